The zero-order chi connectivity index (χ0) is 13.9. The molecule has 2 saturated carbocycles. The van der Waals surface area contributed by atoms with E-state index >= 15 is 0 Å². The van der Waals surface area contributed by atoms with Crippen molar-refractivity contribution in [3.05, 3.63) is 23.9 Å². The molecule has 0 radical (unpaired) electrons. The van der Waals surface area contributed by atoms with Crippen LogP contribution in [0.4, 0.5) is 0 Å². The maximum absolute atomic E-state index is 6.12. The van der Waals surface area contributed by atoms with Gasteiger partial charge in [-0.15, -0.1) is 0 Å². The van der Waals surface area contributed by atoms with E-state index in [9.17, 15) is 0 Å². The van der Waals surface area contributed by atoms with Gasteiger partial charge in [0.1, 0.15) is 6.10 Å². The van der Waals surface area contributed by atoms with Crippen LogP contribution in [-0.2, 0) is 6.54 Å². The molecule has 1 N–H and O–H groups in total. The molecule has 3 rings (SSSR count). The molecule has 2 aliphatic carbocycles. The molecule has 0 bridgehead atoms. The summed E-state index contributed by atoms with van der Waals surface area (Å²) in [6, 6.07) is 6.85. The van der Waals surface area contributed by atoms with Crippen molar-refractivity contribution in [3.63, 3.8) is 0 Å². The zero-order valence-electron chi connectivity index (χ0n) is 12.6. The zero-order valence-corrected chi connectivity index (χ0v) is 12.6. The minimum absolute atomic E-state index is 0.341. The third-order valence-corrected chi connectivity index (χ3v) is 4.35. The average Bonchev–Trinajstić information content (AvgIpc) is 3.19. The van der Waals surface area contributed by atoms with Crippen molar-refractivity contribution >= 4 is 0 Å². The van der Waals surface area contributed by atoms with Gasteiger partial charge in [0.2, 0.25) is 5.88 Å². The SMILES string of the molecule is CC1CC(C)CC(Oc2cccc(CNC3CC3)n2)C1. The van der Waals surface area contributed by atoms with E-state index in [-0.39, 0.29) is 0 Å². The largest absolute Gasteiger partial charge is 0.474 e. The lowest BCUT2D eigenvalue weighted by atomic mass is 9.82. The Hall–Kier alpha value is -1.09. The van der Waals surface area contributed by atoms with E-state index in [1.54, 1.807) is 0 Å². The van der Waals surface area contributed by atoms with Crippen LogP contribution in [0.25, 0.3) is 0 Å². The van der Waals surface area contributed by atoms with Gasteiger partial charge < -0.3 is 10.1 Å². The first-order valence-electron chi connectivity index (χ1n) is 8.05. The standard InChI is InChI=1S/C17H26N2O/c1-12-8-13(2)10-16(9-12)20-17-5-3-4-15(19-17)11-18-14-6-7-14/h3-5,12-14,16,18H,6-11H2,1-2H3. The highest BCUT2D eigenvalue weighted by Crippen LogP contribution is 2.30. The molecule has 3 heteroatoms. The molecule has 0 saturated heterocycles. The molecule has 2 aliphatic rings. The molecule has 1 aromatic heterocycles. The summed E-state index contributed by atoms with van der Waals surface area (Å²) in [5, 5.41) is 3.50. The maximum Gasteiger partial charge on any atom is 0.213 e. The lowest BCUT2D eigenvalue weighted by Gasteiger charge is -2.31. The smallest absolute Gasteiger partial charge is 0.213 e. The Bertz CT molecular complexity index is 434. The van der Waals surface area contributed by atoms with Crippen LogP contribution < -0.4 is 10.1 Å². The summed E-state index contributed by atoms with van der Waals surface area (Å²) < 4.78 is 6.12. The van der Waals surface area contributed by atoms with E-state index in [2.05, 4.69) is 36.3 Å². The van der Waals surface area contributed by atoms with Crippen LogP contribution in [0.1, 0.15) is 51.6 Å². The number of nitrogens with zero attached hydrogens (tertiary/aromatic N) is 1. The Labute approximate surface area is 122 Å². The van der Waals surface area contributed by atoms with Gasteiger partial charge in [-0.05, 0) is 50.0 Å². The van der Waals surface area contributed by atoms with Crippen LogP contribution in [0, 0.1) is 11.8 Å². The van der Waals surface area contributed by atoms with Crippen molar-refractivity contribution in [2.75, 3.05) is 0 Å². The van der Waals surface area contributed by atoms with E-state index in [1.807, 2.05) is 6.07 Å². The average molecular weight is 274 g/mol. The predicted molar refractivity (Wildman–Crippen MR) is 80.7 cm³/mol. The van der Waals surface area contributed by atoms with E-state index in [0.29, 0.717) is 6.10 Å². The van der Waals surface area contributed by atoms with Gasteiger partial charge >= 0.3 is 0 Å². The van der Waals surface area contributed by atoms with E-state index in [1.165, 1.54) is 19.3 Å². The lowest BCUT2D eigenvalue weighted by Crippen LogP contribution is -2.28. The number of aromatic nitrogens is 1. The highest BCUT2D eigenvalue weighted by Gasteiger charge is 2.25. The predicted octanol–water partition coefficient (Wildman–Crippen LogP) is 3.54. The van der Waals surface area contributed by atoms with Crippen LogP contribution in [0.2, 0.25) is 0 Å². The number of ether oxygens (including phenoxy) is 1. The molecule has 2 fully saturated rings. The third-order valence-electron chi connectivity index (χ3n) is 4.35. The first kappa shape index (κ1) is 13.9. The quantitative estimate of drug-likeness (QED) is 0.892. The Morgan fingerprint density at radius 1 is 1.15 bits per heavy atom. The molecule has 2 unspecified atom stereocenters. The molecule has 0 aromatic carbocycles. The number of nitrogens with one attached hydrogen (secondary N) is 1. The van der Waals surface area contributed by atoms with Gasteiger partial charge in [0, 0.05) is 18.7 Å². The van der Waals surface area contributed by atoms with Gasteiger partial charge in [-0.25, -0.2) is 4.98 Å². The summed E-state index contributed by atoms with van der Waals surface area (Å²) in [5.41, 5.74) is 1.09. The Balaban J connectivity index is 1.57. The fourth-order valence-electron chi connectivity index (χ4n) is 3.30. The number of hydrogen-bond donors (Lipinski definition) is 1. The van der Waals surface area contributed by atoms with Crippen LogP contribution >= 0.6 is 0 Å². The Morgan fingerprint density at radius 2 is 1.90 bits per heavy atom. The maximum atomic E-state index is 6.12. The van der Waals surface area contributed by atoms with E-state index in [4.69, 9.17) is 4.74 Å². The number of hydrogen-bond acceptors (Lipinski definition) is 3. The van der Waals surface area contributed by atoms with Crippen molar-refractivity contribution in [2.24, 2.45) is 11.8 Å². The highest BCUT2D eigenvalue weighted by atomic mass is 16.5. The van der Waals surface area contributed by atoms with Gasteiger partial charge in [-0.2, -0.15) is 0 Å². The first-order chi connectivity index (χ1) is 9.69. The van der Waals surface area contributed by atoms with Crippen LogP contribution in [0.15, 0.2) is 18.2 Å². The van der Waals surface area contributed by atoms with Gasteiger partial charge in [0.05, 0.1) is 5.69 Å². The summed E-state index contributed by atoms with van der Waals surface area (Å²) in [6.45, 7) is 5.52. The van der Waals surface area contributed by atoms with Gasteiger partial charge in [0.25, 0.3) is 0 Å². The molecular formula is C17H26N2O. The molecule has 20 heavy (non-hydrogen) atoms. The van der Waals surface area contributed by atoms with Crippen molar-refractivity contribution in [1.29, 1.82) is 0 Å². The fourth-order valence-corrected chi connectivity index (χ4v) is 3.30. The minimum atomic E-state index is 0.341. The Morgan fingerprint density at radius 3 is 2.60 bits per heavy atom. The summed E-state index contributed by atoms with van der Waals surface area (Å²) >= 11 is 0. The fraction of sp³-hybridized carbons (Fsp3) is 0.706. The van der Waals surface area contributed by atoms with Crippen LogP contribution in [0.5, 0.6) is 5.88 Å². The van der Waals surface area contributed by atoms with Crippen molar-refractivity contribution in [3.8, 4) is 5.88 Å². The Kier molecular flexibility index (Phi) is 4.25. The van der Waals surface area contributed by atoms with E-state index < -0.39 is 0 Å². The molecule has 1 heterocycles. The molecule has 0 spiro atoms. The molecule has 0 aliphatic heterocycles. The summed E-state index contributed by atoms with van der Waals surface area (Å²) in [5.74, 6) is 2.33. The lowest BCUT2D eigenvalue weighted by molar-refractivity contribution is 0.0965. The molecule has 1 aromatic rings. The number of rotatable bonds is 5. The van der Waals surface area contributed by atoms with Crippen LogP contribution in [0.3, 0.4) is 0 Å². The monoisotopic (exact) mass is 274 g/mol. The second-order valence-electron chi connectivity index (χ2n) is 6.78. The second kappa shape index (κ2) is 6.13. The van der Waals surface area contributed by atoms with Gasteiger partial charge in [0.15, 0.2) is 0 Å². The molecular weight excluding hydrogens is 248 g/mol. The summed E-state index contributed by atoms with van der Waals surface area (Å²) in [6.07, 6.45) is 6.63. The van der Waals surface area contributed by atoms with Gasteiger partial charge in [-0.3, -0.25) is 0 Å². The number of pyridine rings is 1. The molecule has 110 valence electrons. The summed E-state index contributed by atoms with van der Waals surface area (Å²) in [4.78, 5) is 4.63. The highest BCUT2D eigenvalue weighted by molar-refractivity contribution is 5.16. The molecule has 2 atom stereocenters. The van der Waals surface area contributed by atoms with Crippen LogP contribution in [-0.4, -0.2) is 17.1 Å². The molecule has 0 amide bonds. The second-order valence-corrected chi connectivity index (χ2v) is 6.78. The normalized spacial score (nSPS) is 30.2. The van der Waals surface area contributed by atoms with Crippen molar-refractivity contribution < 1.29 is 4.74 Å². The van der Waals surface area contributed by atoms with Gasteiger partial charge in [-0.1, -0.05) is 19.9 Å². The van der Waals surface area contributed by atoms with Crippen molar-refractivity contribution in [2.45, 2.75) is 64.6 Å². The third kappa shape index (κ3) is 3.95. The minimum Gasteiger partial charge on any atom is -0.474 e. The topological polar surface area (TPSA) is 34.1 Å². The molecule has 3 nitrogen and oxygen atoms in total. The van der Waals surface area contributed by atoms with Crippen molar-refractivity contribution in [1.82, 2.24) is 10.3 Å². The first-order valence-corrected chi connectivity index (χ1v) is 8.05. The van der Waals surface area contributed by atoms with E-state index in [0.717, 1.165) is 48.8 Å². The summed E-state index contributed by atoms with van der Waals surface area (Å²) in [7, 11) is 0.